The van der Waals surface area contributed by atoms with Crippen molar-refractivity contribution in [3.05, 3.63) is 64.7 Å². The number of aryl methyl sites for hydroxylation is 2. The number of hydrogen-bond donors (Lipinski definition) is 1. The van der Waals surface area contributed by atoms with Crippen LogP contribution in [0.2, 0.25) is 0 Å². The monoisotopic (exact) mass is 319 g/mol. The summed E-state index contributed by atoms with van der Waals surface area (Å²) in [5.41, 5.74) is 2.24. The molecule has 1 amide bonds. The lowest BCUT2D eigenvalue weighted by atomic mass is 10.1. The fraction of sp³-hybridized carbons (Fsp3) is 0.176. The quantitative estimate of drug-likeness (QED) is 0.879. The molecule has 0 aliphatic carbocycles. The third kappa shape index (κ3) is 4.60. The van der Waals surface area contributed by atoms with Crippen molar-refractivity contribution >= 4 is 17.6 Å². The van der Waals surface area contributed by atoms with Crippen LogP contribution < -0.4 is 5.32 Å². The van der Waals surface area contributed by atoms with E-state index in [1.54, 1.807) is 12.1 Å². The number of halogens is 2. The number of rotatable bonds is 4. The molecule has 0 fully saturated rings. The van der Waals surface area contributed by atoms with Crippen LogP contribution in [0.15, 0.2) is 36.4 Å². The van der Waals surface area contributed by atoms with E-state index in [1.807, 2.05) is 19.9 Å². The van der Waals surface area contributed by atoms with Gasteiger partial charge in [-0.25, -0.2) is 13.6 Å². The minimum absolute atomic E-state index is 0.0800. The summed E-state index contributed by atoms with van der Waals surface area (Å²) in [5, 5.41) is 2.32. The van der Waals surface area contributed by atoms with Crippen LogP contribution in [-0.2, 0) is 9.53 Å². The normalized spacial score (nSPS) is 10.3. The Hall–Kier alpha value is -2.76. The molecular formula is C17H15F2NO3. The molecule has 0 aliphatic heterocycles. The highest BCUT2D eigenvalue weighted by Gasteiger charge is 2.12. The number of amides is 1. The molecule has 0 heterocycles. The Morgan fingerprint density at radius 2 is 1.65 bits per heavy atom. The average Bonchev–Trinajstić information content (AvgIpc) is 2.47. The van der Waals surface area contributed by atoms with Crippen LogP contribution >= 0.6 is 0 Å². The third-order valence-corrected chi connectivity index (χ3v) is 3.00. The Kier molecular flexibility index (Phi) is 5.05. The van der Waals surface area contributed by atoms with Crippen molar-refractivity contribution in [2.45, 2.75) is 13.8 Å². The van der Waals surface area contributed by atoms with Crippen molar-refractivity contribution in [1.29, 1.82) is 0 Å². The summed E-state index contributed by atoms with van der Waals surface area (Å²) in [6, 6.07) is 8.17. The van der Waals surface area contributed by atoms with Crippen LogP contribution in [0.4, 0.5) is 14.5 Å². The minimum Gasteiger partial charge on any atom is -0.452 e. The highest BCUT2D eigenvalue weighted by atomic mass is 19.2. The molecule has 23 heavy (non-hydrogen) atoms. The van der Waals surface area contributed by atoms with E-state index in [1.165, 1.54) is 6.07 Å². The smallest absolute Gasteiger partial charge is 0.338 e. The van der Waals surface area contributed by atoms with Gasteiger partial charge in [0.1, 0.15) is 0 Å². The maximum absolute atomic E-state index is 13.0. The molecule has 2 rings (SSSR count). The van der Waals surface area contributed by atoms with Crippen LogP contribution in [0.1, 0.15) is 21.5 Å². The summed E-state index contributed by atoms with van der Waals surface area (Å²) in [7, 11) is 0. The van der Waals surface area contributed by atoms with E-state index < -0.39 is 30.1 Å². The summed E-state index contributed by atoms with van der Waals surface area (Å²) in [4.78, 5) is 23.6. The Bertz CT molecular complexity index is 739. The van der Waals surface area contributed by atoms with Crippen LogP contribution in [-0.4, -0.2) is 18.5 Å². The molecule has 120 valence electrons. The highest BCUT2D eigenvalue weighted by molar-refractivity contribution is 5.95. The first-order chi connectivity index (χ1) is 10.8. The average molecular weight is 319 g/mol. The predicted octanol–water partition coefficient (Wildman–Crippen LogP) is 3.38. The van der Waals surface area contributed by atoms with E-state index in [2.05, 4.69) is 5.32 Å². The van der Waals surface area contributed by atoms with E-state index in [9.17, 15) is 18.4 Å². The van der Waals surface area contributed by atoms with E-state index in [0.29, 0.717) is 5.56 Å². The van der Waals surface area contributed by atoms with Crippen LogP contribution in [0.5, 0.6) is 0 Å². The molecular weight excluding hydrogens is 304 g/mol. The summed E-state index contributed by atoms with van der Waals surface area (Å²) >= 11 is 0. The van der Waals surface area contributed by atoms with Crippen LogP contribution in [0.25, 0.3) is 0 Å². The maximum Gasteiger partial charge on any atom is 0.338 e. The van der Waals surface area contributed by atoms with Gasteiger partial charge in [0.25, 0.3) is 5.91 Å². The fourth-order valence-corrected chi connectivity index (χ4v) is 2.08. The summed E-state index contributed by atoms with van der Waals surface area (Å²) < 4.78 is 30.7. The number of carbonyl (C=O) groups excluding carboxylic acids is 2. The molecule has 0 unspecified atom stereocenters. The molecule has 0 radical (unpaired) electrons. The molecule has 2 aromatic rings. The summed E-state index contributed by atoms with van der Waals surface area (Å²) in [6.45, 7) is 3.17. The zero-order valence-corrected chi connectivity index (χ0v) is 12.7. The number of benzene rings is 2. The summed E-state index contributed by atoms with van der Waals surface area (Å²) in [6.07, 6.45) is 0. The fourth-order valence-electron chi connectivity index (χ4n) is 2.08. The Morgan fingerprint density at radius 3 is 2.26 bits per heavy atom. The highest BCUT2D eigenvalue weighted by Crippen LogP contribution is 2.13. The van der Waals surface area contributed by atoms with E-state index in [-0.39, 0.29) is 5.69 Å². The zero-order valence-electron chi connectivity index (χ0n) is 12.7. The third-order valence-electron chi connectivity index (χ3n) is 3.00. The largest absolute Gasteiger partial charge is 0.452 e. The van der Waals surface area contributed by atoms with Gasteiger partial charge < -0.3 is 10.1 Å². The molecule has 0 spiro atoms. The minimum atomic E-state index is -1.07. The van der Waals surface area contributed by atoms with E-state index >= 15 is 0 Å². The van der Waals surface area contributed by atoms with Gasteiger partial charge in [0.2, 0.25) is 0 Å². The van der Waals surface area contributed by atoms with Gasteiger partial charge in [-0.2, -0.15) is 0 Å². The Balaban J connectivity index is 1.93. The van der Waals surface area contributed by atoms with Crippen molar-refractivity contribution in [2.75, 3.05) is 11.9 Å². The van der Waals surface area contributed by atoms with Gasteiger partial charge in [-0.1, -0.05) is 17.2 Å². The molecule has 0 aromatic heterocycles. The molecule has 0 bridgehead atoms. The Labute approximate surface area is 132 Å². The van der Waals surface area contributed by atoms with Gasteiger partial charge in [-0.3, -0.25) is 4.79 Å². The molecule has 0 saturated heterocycles. The van der Waals surface area contributed by atoms with E-state index in [4.69, 9.17) is 4.74 Å². The van der Waals surface area contributed by atoms with Crippen molar-refractivity contribution in [3.8, 4) is 0 Å². The van der Waals surface area contributed by atoms with Gasteiger partial charge in [0.15, 0.2) is 18.2 Å². The van der Waals surface area contributed by atoms with Crippen LogP contribution in [0.3, 0.4) is 0 Å². The Morgan fingerprint density at radius 1 is 1.00 bits per heavy atom. The number of nitrogens with one attached hydrogen (secondary N) is 1. The van der Waals surface area contributed by atoms with Crippen molar-refractivity contribution in [2.24, 2.45) is 0 Å². The second-order valence-electron chi connectivity index (χ2n) is 5.13. The standard InChI is InChI=1S/C17H15F2NO3/c1-10-5-11(2)7-12(6-10)17(22)23-9-16(21)20-13-3-4-14(18)15(19)8-13/h3-8H,9H2,1-2H3,(H,20,21). The van der Waals surface area contributed by atoms with Crippen molar-refractivity contribution in [1.82, 2.24) is 0 Å². The topological polar surface area (TPSA) is 55.4 Å². The van der Waals surface area contributed by atoms with Crippen molar-refractivity contribution < 1.29 is 23.1 Å². The van der Waals surface area contributed by atoms with Crippen molar-refractivity contribution in [3.63, 3.8) is 0 Å². The molecule has 0 aliphatic rings. The van der Waals surface area contributed by atoms with Gasteiger partial charge in [-0.05, 0) is 38.1 Å². The second kappa shape index (κ2) is 7.00. The first-order valence-corrected chi connectivity index (χ1v) is 6.85. The molecule has 6 heteroatoms. The van der Waals surface area contributed by atoms with E-state index in [0.717, 1.165) is 23.3 Å². The van der Waals surface area contributed by atoms with Gasteiger partial charge in [0, 0.05) is 11.8 Å². The lowest BCUT2D eigenvalue weighted by Gasteiger charge is -2.08. The summed E-state index contributed by atoms with van der Waals surface area (Å²) in [5.74, 6) is -3.36. The number of anilines is 1. The number of esters is 1. The molecule has 0 atom stereocenters. The van der Waals surface area contributed by atoms with Gasteiger partial charge >= 0.3 is 5.97 Å². The van der Waals surface area contributed by atoms with Gasteiger partial charge in [-0.15, -0.1) is 0 Å². The zero-order chi connectivity index (χ0) is 17.0. The maximum atomic E-state index is 13.0. The SMILES string of the molecule is Cc1cc(C)cc(C(=O)OCC(=O)Nc2ccc(F)c(F)c2)c1. The first-order valence-electron chi connectivity index (χ1n) is 6.85. The second-order valence-corrected chi connectivity index (χ2v) is 5.13. The molecule has 1 N–H and O–H groups in total. The molecule has 2 aromatic carbocycles. The number of hydrogen-bond acceptors (Lipinski definition) is 3. The lowest BCUT2D eigenvalue weighted by molar-refractivity contribution is -0.119. The molecule has 4 nitrogen and oxygen atoms in total. The lowest BCUT2D eigenvalue weighted by Crippen LogP contribution is -2.21. The number of carbonyl (C=O) groups is 2. The predicted molar refractivity (Wildman–Crippen MR) is 81.2 cm³/mol. The molecule has 0 saturated carbocycles. The number of ether oxygens (including phenoxy) is 1. The van der Waals surface area contributed by atoms with Crippen LogP contribution in [0, 0.1) is 25.5 Å². The first kappa shape index (κ1) is 16.6. The van der Waals surface area contributed by atoms with Gasteiger partial charge in [0.05, 0.1) is 5.56 Å².